The summed E-state index contributed by atoms with van der Waals surface area (Å²) >= 11 is 12.5. The number of carboxylic acid groups (broad SMARTS) is 1. The SMILES string of the molecule is CC.CC(C(=O)O)c1ccc(C2(NC(=O)c3cc4c(Cl)c(Cl)ccc4n3C)CCOC2)cc1. The van der Waals surface area contributed by atoms with E-state index in [1.165, 1.54) is 0 Å². The highest BCUT2D eigenvalue weighted by atomic mass is 35.5. The number of amides is 1. The molecule has 0 aliphatic carbocycles. The second kappa shape index (κ2) is 10.2. The topological polar surface area (TPSA) is 80.6 Å². The highest BCUT2D eigenvalue weighted by Crippen LogP contribution is 2.35. The van der Waals surface area contributed by atoms with Crippen LogP contribution in [0, 0.1) is 0 Å². The van der Waals surface area contributed by atoms with Crippen LogP contribution in [0.15, 0.2) is 42.5 Å². The number of aliphatic carboxylic acids is 1. The van der Waals surface area contributed by atoms with Gasteiger partial charge in [-0.05, 0) is 36.2 Å². The number of ether oxygens (including phenoxy) is 1. The normalized spacial score (nSPS) is 18.5. The van der Waals surface area contributed by atoms with Gasteiger partial charge in [-0.2, -0.15) is 0 Å². The molecule has 176 valence electrons. The summed E-state index contributed by atoms with van der Waals surface area (Å²) in [5, 5.41) is 14.0. The second-order valence-electron chi connectivity index (χ2n) is 7.90. The van der Waals surface area contributed by atoms with Crippen molar-refractivity contribution in [3.8, 4) is 0 Å². The lowest BCUT2D eigenvalue weighted by atomic mass is 9.87. The molecule has 2 N–H and O–H groups in total. The third kappa shape index (κ3) is 4.74. The molecule has 8 heteroatoms. The van der Waals surface area contributed by atoms with Gasteiger partial charge in [0.25, 0.3) is 5.91 Å². The Kier molecular flexibility index (Phi) is 7.73. The summed E-state index contributed by atoms with van der Waals surface area (Å²) in [6.07, 6.45) is 0.614. The van der Waals surface area contributed by atoms with E-state index in [-0.39, 0.29) is 5.91 Å². The first-order valence-electron chi connectivity index (χ1n) is 10.9. The van der Waals surface area contributed by atoms with Gasteiger partial charge in [0, 0.05) is 31.0 Å². The van der Waals surface area contributed by atoms with E-state index in [4.69, 9.17) is 27.9 Å². The number of carbonyl (C=O) groups excluding carboxylic acids is 1. The van der Waals surface area contributed by atoms with Gasteiger partial charge < -0.3 is 19.7 Å². The summed E-state index contributed by atoms with van der Waals surface area (Å²) in [6.45, 7) is 6.50. The van der Waals surface area contributed by atoms with Gasteiger partial charge in [0.2, 0.25) is 0 Å². The molecular formula is C25H28Cl2N2O4. The molecule has 2 unspecified atom stereocenters. The second-order valence-corrected chi connectivity index (χ2v) is 8.69. The molecule has 1 aliphatic rings. The third-order valence-corrected chi connectivity index (χ3v) is 6.87. The standard InChI is InChI=1S/C23H22Cl2N2O4.C2H6/c1-13(22(29)30)14-3-5-15(6-4-14)23(9-10-31-12-23)26-21(28)19-11-16-18(27(19)2)8-7-17(24)20(16)25;1-2/h3-8,11,13H,9-10,12H2,1-2H3,(H,26,28)(H,29,30);1-2H3. The highest BCUT2D eigenvalue weighted by molar-refractivity contribution is 6.45. The lowest BCUT2D eigenvalue weighted by Gasteiger charge is -2.30. The van der Waals surface area contributed by atoms with Gasteiger partial charge >= 0.3 is 5.97 Å². The fourth-order valence-electron chi connectivity index (χ4n) is 4.05. The number of nitrogens with zero attached hydrogens (tertiary/aromatic N) is 1. The largest absolute Gasteiger partial charge is 0.481 e. The zero-order chi connectivity index (χ0) is 24.3. The highest BCUT2D eigenvalue weighted by Gasteiger charge is 2.39. The van der Waals surface area contributed by atoms with E-state index in [0.29, 0.717) is 46.3 Å². The van der Waals surface area contributed by atoms with Gasteiger partial charge in [-0.15, -0.1) is 0 Å². The molecule has 3 aromatic rings. The fraction of sp³-hybridized carbons (Fsp3) is 0.360. The number of carboxylic acids is 1. The molecule has 33 heavy (non-hydrogen) atoms. The molecule has 2 atom stereocenters. The Hall–Kier alpha value is -2.54. The van der Waals surface area contributed by atoms with E-state index in [0.717, 1.165) is 11.1 Å². The molecule has 0 bridgehead atoms. The van der Waals surface area contributed by atoms with Crippen molar-refractivity contribution in [3.05, 3.63) is 69.3 Å². The molecule has 6 nitrogen and oxygen atoms in total. The van der Waals surface area contributed by atoms with Gasteiger partial charge in [-0.25, -0.2) is 0 Å². The molecule has 4 rings (SSSR count). The average Bonchev–Trinajstić information content (AvgIpc) is 3.43. The molecule has 1 aliphatic heterocycles. The van der Waals surface area contributed by atoms with E-state index < -0.39 is 17.4 Å². The number of halogens is 2. The number of carbonyl (C=O) groups is 2. The van der Waals surface area contributed by atoms with Crippen LogP contribution in [0.2, 0.25) is 10.0 Å². The number of rotatable bonds is 5. The Bertz CT molecular complexity index is 1170. The molecule has 1 amide bonds. The lowest BCUT2D eigenvalue weighted by Crippen LogP contribution is -2.47. The number of hydrogen-bond donors (Lipinski definition) is 2. The number of nitrogens with one attached hydrogen (secondary N) is 1. The Morgan fingerprint density at radius 3 is 2.39 bits per heavy atom. The smallest absolute Gasteiger partial charge is 0.310 e. The molecule has 2 heterocycles. The molecular weight excluding hydrogens is 463 g/mol. The van der Waals surface area contributed by atoms with Gasteiger partial charge in [-0.3, -0.25) is 9.59 Å². The summed E-state index contributed by atoms with van der Waals surface area (Å²) < 4.78 is 7.42. The van der Waals surface area contributed by atoms with Crippen molar-refractivity contribution in [2.45, 2.75) is 38.6 Å². The number of aryl methyl sites for hydroxylation is 1. The number of aromatic nitrogens is 1. The molecule has 1 saturated heterocycles. The van der Waals surface area contributed by atoms with E-state index in [1.54, 1.807) is 42.8 Å². The predicted octanol–water partition coefficient (Wildman–Crippen LogP) is 5.75. The van der Waals surface area contributed by atoms with Crippen LogP contribution in [0.25, 0.3) is 10.9 Å². The number of benzene rings is 2. The average molecular weight is 491 g/mol. The third-order valence-electron chi connectivity index (χ3n) is 6.05. The Morgan fingerprint density at radius 1 is 1.15 bits per heavy atom. The van der Waals surface area contributed by atoms with Crippen molar-refractivity contribution in [3.63, 3.8) is 0 Å². The van der Waals surface area contributed by atoms with Crippen LogP contribution in [0.1, 0.15) is 54.7 Å². The molecule has 1 aromatic heterocycles. The first-order chi connectivity index (χ1) is 15.7. The van der Waals surface area contributed by atoms with Crippen LogP contribution in [0.5, 0.6) is 0 Å². The van der Waals surface area contributed by atoms with Gasteiger partial charge in [0.05, 0.1) is 28.1 Å². The minimum Gasteiger partial charge on any atom is -0.481 e. The maximum Gasteiger partial charge on any atom is 0.310 e. The molecule has 0 saturated carbocycles. The Morgan fingerprint density at radius 2 is 1.82 bits per heavy atom. The van der Waals surface area contributed by atoms with Crippen molar-refractivity contribution in [2.24, 2.45) is 7.05 Å². The summed E-state index contributed by atoms with van der Waals surface area (Å²) in [4.78, 5) is 24.5. The van der Waals surface area contributed by atoms with E-state index >= 15 is 0 Å². The minimum absolute atomic E-state index is 0.251. The zero-order valence-electron chi connectivity index (χ0n) is 19.1. The van der Waals surface area contributed by atoms with Crippen LogP contribution in [-0.2, 0) is 22.1 Å². The van der Waals surface area contributed by atoms with Gasteiger partial charge in [0.1, 0.15) is 5.69 Å². The quantitative estimate of drug-likeness (QED) is 0.477. The van der Waals surface area contributed by atoms with Gasteiger partial charge in [0.15, 0.2) is 0 Å². The summed E-state index contributed by atoms with van der Waals surface area (Å²) in [5.41, 5.74) is 2.15. The van der Waals surface area contributed by atoms with Crippen molar-refractivity contribution < 1.29 is 19.4 Å². The summed E-state index contributed by atoms with van der Waals surface area (Å²) in [7, 11) is 1.81. The first-order valence-corrected chi connectivity index (χ1v) is 11.7. The van der Waals surface area contributed by atoms with Crippen LogP contribution >= 0.6 is 23.2 Å². The fourth-order valence-corrected chi connectivity index (χ4v) is 4.42. The number of hydrogen-bond acceptors (Lipinski definition) is 3. The maximum absolute atomic E-state index is 13.3. The van der Waals surface area contributed by atoms with E-state index in [1.807, 2.05) is 32.0 Å². The minimum atomic E-state index is -0.880. The monoisotopic (exact) mass is 490 g/mol. The maximum atomic E-state index is 13.3. The van der Waals surface area contributed by atoms with Crippen LogP contribution in [0.4, 0.5) is 0 Å². The predicted molar refractivity (Wildman–Crippen MR) is 131 cm³/mol. The molecule has 1 fully saturated rings. The number of fused-ring (bicyclic) bond motifs is 1. The lowest BCUT2D eigenvalue weighted by molar-refractivity contribution is -0.138. The first kappa shape index (κ1) is 25.1. The van der Waals surface area contributed by atoms with Crippen LogP contribution in [0.3, 0.4) is 0 Å². The summed E-state index contributed by atoms with van der Waals surface area (Å²) in [5.74, 6) is -1.74. The van der Waals surface area contributed by atoms with E-state index in [9.17, 15) is 14.7 Å². The van der Waals surface area contributed by atoms with Crippen molar-refractivity contribution >= 4 is 46.0 Å². The van der Waals surface area contributed by atoms with Crippen molar-refractivity contribution in [1.29, 1.82) is 0 Å². The van der Waals surface area contributed by atoms with Crippen LogP contribution < -0.4 is 5.32 Å². The van der Waals surface area contributed by atoms with Crippen molar-refractivity contribution in [1.82, 2.24) is 9.88 Å². The van der Waals surface area contributed by atoms with Crippen molar-refractivity contribution in [2.75, 3.05) is 13.2 Å². The summed E-state index contributed by atoms with van der Waals surface area (Å²) in [6, 6.07) is 12.6. The van der Waals surface area contributed by atoms with E-state index in [2.05, 4.69) is 5.32 Å². The zero-order valence-corrected chi connectivity index (χ0v) is 20.6. The Labute approximate surface area is 203 Å². The molecule has 2 aromatic carbocycles. The van der Waals surface area contributed by atoms with Gasteiger partial charge in [-0.1, -0.05) is 61.3 Å². The molecule has 0 spiro atoms. The Balaban J connectivity index is 0.00000149. The van der Waals surface area contributed by atoms with Crippen LogP contribution in [-0.4, -0.2) is 34.8 Å². The molecule has 0 radical (unpaired) electrons.